The van der Waals surface area contributed by atoms with Crippen LogP contribution in [0.2, 0.25) is 0 Å². The molecule has 1 nitrogen and oxygen atoms in total. The summed E-state index contributed by atoms with van der Waals surface area (Å²) in [5, 5.41) is 1.71. The van der Waals surface area contributed by atoms with Gasteiger partial charge in [0.15, 0.2) is 0 Å². The van der Waals surface area contributed by atoms with Crippen LogP contribution in [0.3, 0.4) is 0 Å². The van der Waals surface area contributed by atoms with Crippen molar-refractivity contribution in [3.8, 4) is 22.3 Å². The first-order chi connectivity index (χ1) is 12.0. The zero-order chi connectivity index (χ0) is 18.1. The molecular formula is C22H22Br2O. The van der Waals surface area contributed by atoms with Crippen molar-refractivity contribution < 1.29 is 4.42 Å². The fourth-order valence-electron chi connectivity index (χ4n) is 3.53. The summed E-state index contributed by atoms with van der Waals surface area (Å²) in [6, 6.07) is 13.0. The molecule has 0 saturated heterocycles. The molecule has 0 N–H and O–H groups in total. The quantitative estimate of drug-likeness (QED) is 0.364. The molecule has 3 aromatic rings. The van der Waals surface area contributed by atoms with E-state index in [1.165, 1.54) is 44.5 Å². The monoisotopic (exact) mass is 460 g/mol. The lowest BCUT2D eigenvalue weighted by Gasteiger charge is -2.14. The number of hydrogen-bond donors (Lipinski definition) is 0. The maximum atomic E-state index is 6.09. The SMILES string of the molecule is Cc1oc(C)c(-c2cccc(CBr)c2C)c1-c1cccc(CBr)c1C. The van der Waals surface area contributed by atoms with Crippen LogP contribution < -0.4 is 0 Å². The molecule has 0 unspecified atom stereocenters. The van der Waals surface area contributed by atoms with Gasteiger partial charge in [0.2, 0.25) is 0 Å². The van der Waals surface area contributed by atoms with Gasteiger partial charge in [-0.1, -0.05) is 68.3 Å². The highest BCUT2D eigenvalue weighted by Crippen LogP contribution is 2.43. The minimum Gasteiger partial charge on any atom is -0.465 e. The van der Waals surface area contributed by atoms with Crippen LogP contribution in [-0.2, 0) is 10.7 Å². The molecule has 0 atom stereocenters. The Labute approximate surface area is 166 Å². The molecule has 1 heterocycles. The van der Waals surface area contributed by atoms with Gasteiger partial charge in [0, 0.05) is 21.8 Å². The lowest BCUT2D eigenvalue weighted by atomic mass is 9.88. The summed E-state index contributed by atoms with van der Waals surface area (Å²) < 4.78 is 6.09. The van der Waals surface area contributed by atoms with Crippen molar-refractivity contribution in [1.29, 1.82) is 0 Å². The minimum atomic E-state index is 0.857. The molecule has 0 radical (unpaired) electrons. The summed E-state index contributed by atoms with van der Waals surface area (Å²) in [4.78, 5) is 0. The molecule has 0 aliphatic rings. The molecule has 1 aromatic heterocycles. The second-order valence-electron chi connectivity index (χ2n) is 6.41. The summed E-state index contributed by atoms with van der Waals surface area (Å²) in [6.45, 7) is 8.52. The average Bonchev–Trinajstić information content (AvgIpc) is 2.89. The molecule has 130 valence electrons. The van der Waals surface area contributed by atoms with Crippen molar-refractivity contribution in [3.63, 3.8) is 0 Å². The topological polar surface area (TPSA) is 13.1 Å². The van der Waals surface area contributed by atoms with Gasteiger partial charge in [0.25, 0.3) is 0 Å². The Balaban J connectivity index is 2.32. The van der Waals surface area contributed by atoms with Crippen LogP contribution in [0.5, 0.6) is 0 Å². The Kier molecular flexibility index (Phi) is 5.55. The lowest BCUT2D eigenvalue weighted by molar-refractivity contribution is 0.506. The number of halogens is 2. The fraction of sp³-hybridized carbons (Fsp3) is 0.273. The second kappa shape index (κ2) is 7.51. The van der Waals surface area contributed by atoms with Crippen LogP contribution in [0.4, 0.5) is 0 Å². The maximum absolute atomic E-state index is 6.09. The zero-order valence-corrected chi connectivity index (χ0v) is 18.2. The van der Waals surface area contributed by atoms with Crippen LogP contribution in [0.25, 0.3) is 22.3 Å². The third-order valence-electron chi connectivity index (χ3n) is 4.98. The standard InChI is InChI=1S/C22H22Br2O/c1-13-17(11-23)7-5-9-19(13)21-15(3)25-16(4)22(21)20-10-6-8-18(12-24)14(20)2/h5-10H,11-12H2,1-4H3. The first-order valence-corrected chi connectivity index (χ1v) is 10.6. The van der Waals surface area contributed by atoms with Crippen LogP contribution >= 0.6 is 31.9 Å². The second-order valence-corrected chi connectivity index (χ2v) is 7.53. The van der Waals surface area contributed by atoms with Crippen molar-refractivity contribution in [2.75, 3.05) is 0 Å². The molecule has 3 heteroatoms. The Hall–Kier alpha value is -1.32. The predicted octanol–water partition coefficient (Wildman–Crippen LogP) is 7.64. The Morgan fingerprint density at radius 3 is 1.44 bits per heavy atom. The van der Waals surface area contributed by atoms with E-state index in [2.05, 4.69) is 96.0 Å². The molecule has 0 aliphatic heterocycles. The van der Waals surface area contributed by atoms with E-state index in [0.717, 1.165) is 22.2 Å². The van der Waals surface area contributed by atoms with Crippen LogP contribution in [-0.4, -0.2) is 0 Å². The van der Waals surface area contributed by atoms with E-state index in [0.29, 0.717) is 0 Å². The lowest BCUT2D eigenvalue weighted by Crippen LogP contribution is -1.94. The maximum Gasteiger partial charge on any atom is 0.109 e. The summed E-state index contributed by atoms with van der Waals surface area (Å²) >= 11 is 7.21. The largest absolute Gasteiger partial charge is 0.465 e. The fourth-order valence-corrected chi connectivity index (χ4v) is 4.75. The highest BCUT2D eigenvalue weighted by molar-refractivity contribution is 9.08. The summed E-state index contributed by atoms with van der Waals surface area (Å²) in [5.74, 6) is 1.96. The van der Waals surface area contributed by atoms with Gasteiger partial charge in [-0.2, -0.15) is 0 Å². The van der Waals surface area contributed by atoms with Gasteiger partial charge in [-0.05, 0) is 61.1 Å². The highest BCUT2D eigenvalue weighted by Gasteiger charge is 2.22. The number of furan rings is 1. The Bertz CT molecular complexity index is 848. The van der Waals surface area contributed by atoms with Gasteiger partial charge in [-0.25, -0.2) is 0 Å². The van der Waals surface area contributed by atoms with Crippen molar-refractivity contribution in [2.45, 2.75) is 38.4 Å². The van der Waals surface area contributed by atoms with E-state index in [-0.39, 0.29) is 0 Å². The average molecular weight is 462 g/mol. The smallest absolute Gasteiger partial charge is 0.109 e. The van der Waals surface area contributed by atoms with Crippen molar-refractivity contribution >= 4 is 31.9 Å². The van der Waals surface area contributed by atoms with Crippen LogP contribution in [0, 0.1) is 27.7 Å². The van der Waals surface area contributed by atoms with Gasteiger partial charge in [0.1, 0.15) is 11.5 Å². The van der Waals surface area contributed by atoms with Gasteiger partial charge >= 0.3 is 0 Å². The summed E-state index contributed by atoms with van der Waals surface area (Å²) in [5.41, 5.74) is 10.2. The van der Waals surface area contributed by atoms with Crippen LogP contribution in [0.1, 0.15) is 33.8 Å². The first-order valence-electron chi connectivity index (χ1n) is 8.39. The zero-order valence-electron chi connectivity index (χ0n) is 15.0. The minimum absolute atomic E-state index is 0.857. The molecule has 0 fully saturated rings. The molecule has 0 bridgehead atoms. The van der Waals surface area contributed by atoms with E-state index in [1.807, 2.05) is 0 Å². The molecule has 0 saturated carbocycles. The normalized spacial score (nSPS) is 11.1. The Morgan fingerprint density at radius 2 is 1.08 bits per heavy atom. The number of alkyl halides is 2. The van der Waals surface area contributed by atoms with Gasteiger partial charge in [0.05, 0.1) is 0 Å². The van der Waals surface area contributed by atoms with E-state index in [1.54, 1.807) is 0 Å². The molecule has 25 heavy (non-hydrogen) atoms. The van der Waals surface area contributed by atoms with Gasteiger partial charge in [-0.15, -0.1) is 0 Å². The number of hydrogen-bond acceptors (Lipinski definition) is 1. The third-order valence-corrected chi connectivity index (χ3v) is 6.19. The van der Waals surface area contributed by atoms with Gasteiger partial charge in [-0.3, -0.25) is 0 Å². The summed E-state index contributed by atoms with van der Waals surface area (Å²) in [7, 11) is 0. The number of aryl methyl sites for hydroxylation is 2. The third kappa shape index (κ3) is 3.24. The van der Waals surface area contributed by atoms with Crippen molar-refractivity contribution in [2.24, 2.45) is 0 Å². The number of rotatable bonds is 4. The molecule has 0 amide bonds. The first kappa shape index (κ1) is 18.5. The predicted molar refractivity (Wildman–Crippen MR) is 114 cm³/mol. The molecule has 2 aromatic carbocycles. The van der Waals surface area contributed by atoms with Crippen molar-refractivity contribution in [1.82, 2.24) is 0 Å². The van der Waals surface area contributed by atoms with Crippen LogP contribution in [0.15, 0.2) is 40.8 Å². The van der Waals surface area contributed by atoms with Gasteiger partial charge < -0.3 is 4.42 Å². The van der Waals surface area contributed by atoms with E-state index >= 15 is 0 Å². The summed E-state index contributed by atoms with van der Waals surface area (Å²) in [6.07, 6.45) is 0. The number of benzene rings is 2. The molecular weight excluding hydrogens is 440 g/mol. The molecule has 3 rings (SSSR count). The van der Waals surface area contributed by atoms with Crippen molar-refractivity contribution in [3.05, 3.63) is 70.2 Å². The van der Waals surface area contributed by atoms with E-state index in [4.69, 9.17) is 4.42 Å². The molecule has 0 aliphatic carbocycles. The molecule has 0 spiro atoms. The van der Waals surface area contributed by atoms with E-state index in [9.17, 15) is 0 Å². The van der Waals surface area contributed by atoms with E-state index < -0.39 is 0 Å². The highest BCUT2D eigenvalue weighted by atomic mass is 79.9. The Morgan fingerprint density at radius 1 is 0.680 bits per heavy atom.